The topological polar surface area (TPSA) is 64.8 Å². The van der Waals surface area contributed by atoms with Gasteiger partial charge in [0.05, 0.1) is 36.5 Å². The van der Waals surface area contributed by atoms with Gasteiger partial charge in [0.25, 0.3) is 0 Å². The van der Waals surface area contributed by atoms with Gasteiger partial charge in [0.2, 0.25) is 5.91 Å². The lowest BCUT2D eigenvalue weighted by molar-refractivity contribution is -0.131. The van der Waals surface area contributed by atoms with Crippen LogP contribution in [0.4, 0.5) is 4.39 Å². The fourth-order valence-electron chi connectivity index (χ4n) is 4.93. The number of nitrogens with zero attached hydrogens (tertiary/aromatic N) is 2. The van der Waals surface area contributed by atoms with Crippen LogP contribution in [0.3, 0.4) is 0 Å². The van der Waals surface area contributed by atoms with Crippen molar-refractivity contribution in [2.24, 2.45) is 5.92 Å². The molecule has 1 saturated heterocycles. The summed E-state index contributed by atoms with van der Waals surface area (Å²) in [5.74, 6) is 1.88. The zero-order valence-corrected chi connectivity index (χ0v) is 23.4. The van der Waals surface area contributed by atoms with Crippen LogP contribution in [0.2, 0.25) is 0 Å². The molecule has 2 aliphatic rings. The standard InChI is InChI=1S/C28H31FN2O4S.C2H6/c1-18-3-7-22(8-4-18)36-35-24-10-5-19(15-26(24)33-2)16-27(32)31-13-11-20(12-14-31)28-23-9-6-21(29)17-25(23)34-30-28;1-2/h3,5-7,9-10,15,17-18,20,22H,4,8,11-14,16H2,1-2H3;1-2H3. The molecule has 2 unspecified atom stereocenters. The van der Waals surface area contributed by atoms with E-state index in [9.17, 15) is 9.18 Å². The molecule has 1 aliphatic carbocycles. The first-order valence-electron chi connectivity index (χ1n) is 13.5. The summed E-state index contributed by atoms with van der Waals surface area (Å²) in [6.45, 7) is 7.54. The second kappa shape index (κ2) is 13.2. The minimum atomic E-state index is -0.336. The average molecular weight is 541 g/mol. The monoisotopic (exact) mass is 540 g/mol. The summed E-state index contributed by atoms with van der Waals surface area (Å²) in [6.07, 6.45) is 8.63. The van der Waals surface area contributed by atoms with Crippen LogP contribution >= 0.6 is 12.0 Å². The number of aromatic nitrogens is 1. The lowest BCUT2D eigenvalue weighted by Gasteiger charge is -2.31. The SMILES string of the molecule is CC.COc1cc(CC(=O)N2CCC(c3noc4cc(F)ccc34)CC2)ccc1OSC1C=CC(C)CC1. The fraction of sp³-hybridized carbons (Fsp3) is 0.467. The maximum Gasteiger partial charge on any atom is 0.226 e. The van der Waals surface area contributed by atoms with Gasteiger partial charge in [0.15, 0.2) is 17.1 Å². The number of benzene rings is 2. The Hall–Kier alpha value is -3.00. The summed E-state index contributed by atoms with van der Waals surface area (Å²) in [6, 6.07) is 10.2. The van der Waals surface area contributed by atoms with Crippen molar-refractivity contribution in [1.82, 2.24) is 10.1 Å². The van der Waals surface area contributed by atoms with Gasteiger partial charge in [-0.2, -0.15) is 0 Å². The van der Waals surface area contributed by atoms with Crippen LogP contribution in [-0.4, -0.2) is 41.4 Å². The highest BCUT2D eigenvalue weighted by molar-refractivity contribution is 7.95. The number of ether oxygens (including phenoxy) is 1. The van der Waals surface area contributed by atoms with Crippen molar-refractivity contribution in [2.45, 2.75) is 64.0 Å². The largest absolute Gasteiger partial charge is 0.493 e. The van der Waals surface area contributed by atoms with Crippen LogP contribution in [-0.2, 0) is 11.2 Å². The number of hydrogen-bond acceptors (Lipinski definition) is 6. The molecule has 0 radical (unpaired) electrons. The first-order chi connectivity index (χ1) is 18.5. The lowest BCUT2D eigenvalue weighted by Crippen LogP contribution is -2.38. The predicted molar refractivity (Wildman–Crippen MR) is 150 cm³/mol. The Morgan fingerprint density at radius 2 is 1.87 bits per heavy atom. The van der Waals surface area contributed by atoms with Gasteiger partial charge in [0, 0.05) is 30.5 Å². The molecule has 3 aromatic rings. The van der Waals surface area contributed by atoms with E-state index in [4.69, 9.17) is 13.4 Å². The molecule has 2 aromatic carbocycles. The Kier molecular flexibility index (Phi) is 9.72. The summed E-state index contributed by atoms with van der Waals surface area (Å²) < 4.78 is 30.3. The number of allylic oxidation sites excluding steroid dienone is 1. The van der Waals surface area contributed by atoms with Crippen LogP contribution < -0.4 is 8.92 Å². The normalized spacial score (nSPS) is 19.7. The average Bonchev–Trinajstić information content (AvgIpc) is 3.37. The number of hydrogen-bond donors (Lipinski definition) is 0. The maximum absolute atomic E-state index is 13.5. The van der Waals surface area contributed by atoms with E-state index in [-0.39, 0.29) is 17.6 Å². The van der Waals surface area contributed by atoms with Gasteiger partial charge in [-0.25, -0.2) is 4.39 Å². The molecule has 0 bridgehead atoms. The van der Waals surface area contributed by atoms with E-state index >= 15 is 0 Å². The Labute approximate surface area is 228 Å². The van der Waals surface area contributed by atoms with E-state index in [1.54, 1.807) is 13.2 Å². The summed E-state index contributed by atoms with van der Waals surface area (Å²) in [7, 11) is 1.62. The highest BCUT2D eigenvalue weighted by Gasteiger charge is 2.27. The number of piperidine rings is 1. The zero-order chi connectivity index (χ0) is 27.1. The van der Waals surface area contributed by atoms with E-state index < -0.39 is 0 Å². The first kappa shape index (κ1) is 28.0. The molecular weight excluding hydrogens is 503 g/mol. The smallest absolute Gasteiger partial charge is 0.226 e. The van der Waals surface area contributed by atoms with Gasteiger partial charge in [-0.1, -0.05) is 44.1 Å². The van der Waals surface area contributed by atoms with E-state index in [0.717, 1.165) is 35.9 Å². The minimum absolute atomic E-state index is 0.0899. The van der Waals surface area contributed by atoms with Crippen molar-refractivity contribution >= 4 is 28.9 Å². The zero-order valence-electron chi connectivity index (χ0n) is 22.6. The van der Waals surface area contributed by atoms with E-state index in [1.165, 1.54) is 30.6 Å². The highest BCUT2D eigenvalue weighted by atomic mass is 32.2. The molecule has 1 amide bonds. The lowest BCUT2D eigenvalue weighted by atomic mass is 9.91. The van der Waals surface area contributed by atoms with Crippen molar-refractivity contribution in [3.8, 4) is 11.5 Å². The number of halogens is 1. The molecule has 1 aromatic heterocycles. The van der Waals surface area contributed by atoms with Gasteiger partial charge in [-0.3, -0.25) is 4.79 Å². The van der Waals surface area contributed by atoms with Gasteiger partial charge in [0.1, 0.15) is 5.82 Å². The van der Waals surface area contributed by atoms with Crippen molar-refractivity contribution in [2.75, 3.05) is 20.2 Å². The van der Waals surface area contributed by atoms with Gasteiger partial charge in [-0.05, 0) is 61.4 Å². The molecule has 2 heterocycles. The summed E-state index contributed by atoms with van der Waals surface area (Å²) in [4.78, 5) is 14.9. The summed E-state index contributed by atoms with van der Waals surface area (Å²) in [5, 5.41) is 5.39. The molecule has 6 nitrogen and oxygen atoms in total. The molecule has 0 spiro atoms. The minimum Gasteiger partial charge on any atom is -0.493 e. The number of rotatable bonds is 7. The number of carbonyl (C=O) groups is 1. The summed E-state index contributed by atoms with van der Waals surface area (Å²) in [5.41, 5.74) is 2.22. The van der Waals surface area contributed by atoms with Crippen molar-refractivity contribution in [1.29, 1.82) is 0 Å². The molecule has 1 aliphatic heterocycles. The predicted octanol–water partition coefficient (Wildman–Crippen LogP) is 7.33. The number of likely N-dealkylation sites (tertiary alicyclic amines) is 1. The maximum atomic E-state index is 13.5. The molecule has 5 rings (SSSR count). The van der Waals surface area contributed by atoms with Gasteiger partial charge in [-0.15, -0.1) is 0 Å². The molecule has 1 fully saturated rings. The molecular formula is C30H37FN2O4S. The third kappa shape index (κ3) is 6.70. The van der Waals surface area contributed by atoms with Gasteiger partial charge >= 0.3 is 0 Å². The molecule has 8 heteroatoms. The molecule has 0 saturated carbocycles. The van der Waals surface area contributed by atoms with Gasteiger partial charge < -0.3 is 18.3 Å². The number of fused-ring (bicyclic) bond motifs is 1. The number of amides is 1. The quantitative estimate of drug-likeness (QED) is 0.231. The van der Waals surface area contributed by atoms with Crippen LogP contribution in [0.5, 0.6) is 11.5 Å². The third-order valence-electron chi connectivity index (χ3n) is 7.10. The van der Waals surface area contributed by atoms with E-state index in [0.29, 0.717) is 47.8 Å². The first-order valence-corrected chi connectivity index (χ1v) is 14.3. The second-order valence-corrected chi connectivity index (χ2v) is 10.6. The number of methoxy groups -OCH3 is 1. The third-order valence-corrected chi connectivity index (χ3v) is 8.02. The van der Waals surface area contributed by atoms with Crippen LogP contribution in [0.25, 0.3) is 11.0 Å². The summed E-state index contributed by atoms with van der Waals surface area (Å²) >= 11 is 1.45. The second-order valence-electron chi connectivity index (χ2n) is 9.68. The van der Waals surface area contributed by atoms with Crippen LogP contribution in [0.15, 0.2) is 53.1 Å². The molecule has 204 valence electrons. The Morgan fingerprint density at radius 3 is 2.58 bits per heavy atom. The van der Waals surface area contributed by atoms with Crippen molar-refractivity contribution in [3.63, 3.8) is 0 Å². The fourth-order valence-corrected chi connectivity index (χ4v) is 5.68. The number of carbonyl (C=O) groups excluding carboxylic acids is 1. The Balaban J connectivity index is 0.00000164. The van der Waals surface area contributed by atoms with Crippen molar-refractivity contribution < 1.29 is 22.6 Å². The Bertz CT molecular complexity index is 1250. The van der Waals surface area contributed by atoms with Crippen LogP contribution in [0.1, 0.15) is 63.6 Å². The van der Waals surface area contributed by atoms with E-state index in [2.05, 4.69) is 24.2 Å². The highest BCUT2D eigenvalue weighted by Crippen LogP contribution is 2.35. The molecule has 0 N–H and O–H groups in total. The van der Waals surface area contributed by atoms with E-state index in [1.807, 2.05) is 36.9 Å². The van der Waals surface area contributed by atoms with Crippen LogP contribution in [0, 0.1) is 11.7 Å². The molecule has 2 atom stereocenters. The van der Waals surface area contributed by atoms with Crippen molar-refractivity contribution in [3.05, 3.63) is 65.6 Å². The Morgan fingerprint density at radius 1 is 1.08 bits per heavy atom. The molecule has 38 heavy (non-hydrogen) atoms.